The van der Waals surface area contributed by atoms with Gasteiger partial charge in [0.1, 0.15) is 12.4 Å². The second kappa shape index (κ2) is 8.51. The van der Waals surface area contributed by atoms with Gasteiger partial charge in [0.15, 0.2) is 5.78 Å². The van der Waals surface area contributed by atoms with Crippen LogP contribution in [0.4, 0.5) is 4.79 Å². The molecule has 2 amide bonds. The molecule has 0 aromatic heterocycles. The average Bonchev–Trinajstić information content (AvgIpc) is 2.95. The summed E-state index contributed by atoms with van der Waals surface area (Å²) in [6.07, 6.45) is 3.29. The van der Waals surface area contributed by atoms with Crippen LogP contribution in [0.25, 0.3) is 6.08 Å². The van der Waals surface area contributed by atoms with E-state index < -0.39 is 11.1 Å². The average molecular weight is 379 g/mol. The van der Waals surface area contributed by atoms with Crippen LogP contribution < -0.4 is 4.74 Å². The number of Topliss-reactive ketones (excluding diaryl/α,β-unsaturated/α-hetero) is 1. The maximum atomic E-state index is 12.5. The van der Waals surface area contributed by atoms with Gasteiger partial charge in [-0.3, -0.25) is 19.3 Å². The number of nitrogens with zero attached hydrogens (tertiary/aromatic N) is 1. The molecule has 0 N–H and O–H groups in total. The van der Waals surface area contributed by atoms with E-state index in [0.717, 1.165) is 22.2 Å². The Morgan fingerprint density at radius 2 is 1.78 bits per heavy atom. The topological polar surface area (TPSA) is 63.7 Å². The number of carbonyl (C=O) groups excluding carboxylic acids is 3. The van der Waals surface area contributed by atoms with Crippen LogP contribution in [-0.4, -0.2) is 35.0 Å². The Morgan fingerprint density at radius 3 is 2.44 bits per heavy atom. The molecule has 1 aliphatic heterocycles. The summed E-state index contributed by atoms with van der Waals surface area (Å²) >= 11 is 0.834. The summed E-state index contributed by atoms with van der Waals surface area (Å²) < 4.78 is 5.41. The molecule has 136 valence electrons. The zero-order chi connectivity index (χ0) is 19.2. The Morgan fingerprint density at radius 1 is 1.07 bits per heavy atom. The van der Waals surface area contributed by atoms with E-state index in [0.29, 0.717) is 22.8 Å². The van der Waals surface area contributed by atoms with Crippen molar-refractivity contribution in [1.29, 1.82) is 0 Å². The number of benzene rings is 2. The third-order valence-electron chi connectivity index (χ3n) is 3.82. The quantitative estimate of drug-likeness (QED) is 0.410. The number of ether oxygens (including phenoxy) is 1. The Labute approximate surface area is 161 Å². The molecule has 1 aliphatic rings. The van der Waals surface area contributed by atoms with Crippen molar-refractivity contribution in [2.24, 2.45) is 0 Å². The summed E-state index contributed by atoms with van der Waals surface area (Å²) in [5, 5.41) is -0.443. The second-order valence-electron chi connectivity index (χ2n) is 5.73. The van der Waals surface area contributed by atoms with Crippen molar-refractivity contribution in [3.05, 3.63) is 83.3 Å². The van der Waals surface area contributed by atoms with Crippen molar-refractivity contribution >= 4 is 34.8 Å². The highest BCUT2D eigenvalue weighted by atomic mass is 32.2. The zero-order valence-corrected chi connectivity index (χ0v) is 15.3. The van der Waals surface area contributed by atoms with Gasteiger partial charge in [0.25, 0.3) is 11.1 Å². The van der Waals surface area contributed by atoms with Crippen LogP contribution in [-0.2, 0) is 4.79 Å². The third-order valence-corrected chi connectivity index (χ3v) is 4.72. The van der Waals surface area contributed by atoms with Crippen molar-refractivity contribution < 1.29 is 19.1 Å². The first-order valence-corrected chi connectivity index (χ1v) is 9.07. The summed E-state index contributed by atoms with van der Waals surface area (Å²) in [5.41, 5.74) is 1.23. The molecule has 0 aliphatic carbocycles. The van der Waals surface area contributed by atoms with Crippen molar-refractivity contribution in [1.82, 2.24) is 4.90 Å². The van der Waals surface area contributed by atoms with E-state index >= 15 is 0 Å². The highest BCUT2D eigenvalue weighted by molar-refractivity contribution is 8.18. The van der Waals surface area contributed by atoms with Crippen LogP contribution in [0.15, 0.2) is 72.2 Å². The van der Waals surface area contributed by atoms with Gasteiger partial charge in [-0.2, -0.15) is 0 Å². The van der Waals surface area contributed by atoms with Gasteiger partial charge < -0.3 is 4.74 Å². The second-order valence-corrected chi connectivity index (χ2v) is 6.72. The molecule has 2 aromatic carbocycles. The fourth-order valence-corrected chi connectivity index (χ4v) is 3.30. The normalized spacial score (nSPS) is 15.3. The summed E-state index contributed by atoms with van der Waals surface area (Å²) in [5.74, 6) is -0.0438. The molecule has 0 atom stereocenters. The van der Waals surface area contributed by atoms with Gasteiger partial charge in [0.05, 0.1) is 11.4 Å². The molecule has 27 heavy (non-hydrogen) atoms. The van der Waals surface area contributed by atoms with Crippen molar-refractivity contribution in [3.8, 4) is 5.75 Å². The number of rotatable bonds is 7. The van der Waals surface area contributed by atoms with Crippen molar-refractivity contribution in [2.75, 3.05) is 13.2 Å². The fourth-order valence-electron chi connectivity index (χ4n) is 2.46. The molecular formula is C21H17NO4S. The first-order chi connectivity index (χ1) is 13.1. The van der Waals surface area contributed by atoms with Crippen molar-refractivity contribution in [2.45, 2.75) is 0 Å². The summed E-state index contributed by atoms with van der Waals surface area (Å²) in [6.45, 7) is 3.74. The number of amides is 2. The highest BCUT2D eigenvalue weighted by Crippen LogP contribution is 2.32. The van der Waals surface area contributed by atoms with Gasteiger partial charge in [0.2, 0.25) is 0 Å². The zero-order valence-electron chi connectivity index (χ0n) is 14.5. The molecule has 6 heteroatoms. The maximum Gasteiger partial charge on any atom is 0.293 e. The minimum atomic E-state index is -0.457. The smallest absolute Gasteiger partial charge is 0.293 e. The third kappa shape index (κ3) is 4.54. The Hall–Kier alpha value is -3.12. The Balaban J connectivity index is 1.70. The Bertz CT molecular complexity index is 904. The van der Waals surface area contributed by atoms with Crippen LogP contribution in [0.1, 0.15) is 15.9 Å². The van der Waals surface area contributed by atoms with Crippen LogP contribution in [0.2, 0.25) is 0 Å². The van der Waals surface area contributed by atoms with Crippen LogP contribution in [0, 0.1) is 0 Å². The lowest BCUT2D eigenvalue weighted by Crippen LogP contribution is -2.33. The molecule has 3 rings (SSSR count). The largest absolute Gasteiger partial charge is 0.490 e. The molecule has 0 unspecified atom stereocenters. The molecule has 0 radical (unpaired) electrons. The van der Waals surface area contributed by atoms with E-state index in [-0.39, 0.29) is 12.3 Å². The monoisotopic (exact) mass is 379 g/mol. The number of carbonyl (C=O) groups is 3. The lowest BCUT2D eigenvalue weighted by atomic mass is 10.1. The molecular weight excluding hydrogens is 362 g/mol. The van der Waals surface area contributed by atoms with E-state index in [1.54, 1.807) is 66.7 Å². The molecule has 1 saturated heterocycles. The van der Waals surface area contributed by atoms with E-state index in [1.807, 2.05) is 0 Å². The molecule has 1 fully saturated rings. The SMILES string of the molecule is C=CCOc1ccc(/C=C2\SC(=O)N(CC(=O)c3ccccc3)C2=O)cc1. The number of imide groups is 1. The molecule has 1 heterocycles. The van der Waals surface area contributed by atoms with Gasteiger partial charge in [-0.15, -0.1) is 0 Å². The van der Waals surface area contributed by atoms with Crippen molar-refractivity contribution in [3.63, 3.8) is 0 Å². The number of hydrogen-bond acceptors (Lipinski definition) is 5. The molecule has 0 bridgehead atoms. The van der Waals surface area contributed by atoms with E-state index in [2.05, 4.69) is 6.58 Å². The minimum Gasteiger partial charge on any atom is -0.490 e. The summed E-state index contributed by atoms with van der Waals surface area (Å²) in [7, 11) is 0. The van der Waals surface area contributed by atoms with E-state index in [9.17, 15) is 14.4 Å². The van der Waals surface area contributed by atoms with Gasteiger partial charge in [-0.05, 0) is 35.5 Å². The summed E-state index contributed by atoms with van der Waals surface area (Å²) in [4.78, 5) is 38.3. The van der Waals surface area contributed by atoms with Crippen LogP contribution in [0.3, 0.4) is 0 Å². The van der Waals surface area contributed by atoms with Crippen LogP contribution in [0.5, 0.6) is 5.75 Å². The summed E-state index contributed by atoms with van der Waals surface area (Å²) in [6, 6.07) is 15.7. The first-order valence-electron chi connectivity index (χ1n) is 8.26. The molecule has 2 aromatic rings. The Kier molecular flexibility index (Phi) is 5.88. The van der Waals surface area contributed by atoms with Gasteiger partial charge >= 0.3 is 0 Å². The number of ketones is 1. The lowest BCUT2D eigenvalue weighted by Gasteiger charge is -2.11. The van der Waals surface area contributed by atoms with Gasteiger partial charge in [-0.1, -0.05) is 55.1 Å². The standard InChI is InChI=1S/C21H17NO4S/c1-2-12-26-17-10-8-15(9-11-17)13-19-20(24)22(21(25)27-19)14-18(23)16-6-4-3-5-7-16/h2-11,13H,1,12,14H2/b19-13-. The maximum absolute atomic E-state index is 12.5. The fraction of sp³-hybridized carbons (Fsp3) is 0.0952. The van der Waals surface area contributed by atoms with Gasteiger partial charge in [0, 0.05) is 5.56 Å². The number of hydrogen-bond donors (Lipinski definition) is 0. The van der Waals surface area contributed by atoms with Gasteiger partial charge in [-0.25, -0.2) is 0 Å². The molecule has 5 nitrogen and oxygen atoms in total. The first kappa shape index (κ1) is 18.7. The predicted octanol–water partition coefficient (Wildman–Crippen LogP) is 4.17. The minimum absolute atomic E-state index is 0.264. The lowest BCUT2D eigenvalue weighted by molar-refractivity contribution is -0.122. The van der Waals surface area contributed by atoms with Crippen LogP contribution >= 0.6 is 11.8 Å². The molecule has 0 spiro atoms. The highest BCUT2D eigenvalue weighted by Gasteiger charge is 2.36. The predicted molar refractivity (Wildman–Crippen MR) is 106 cm³/mol. The molecule has 0 saturated carbocycles. The number of thioether (sulfide) groups is 1. The van der Waals surface area contributed by atoms with E-state index in [1.165, 1.54) is 0 Å². The van der Waals surface area contributed by atoms with E-state index in [4.69, 9.17) is 4.74 Å².